The van der Waals surface area contributed by atoms with Crippen LogP contribution in [0.5, 0.6) is 0 Å². The molecule has 0 fully saturated rings. The molecule has 0 bridgehead atoms. The molecule has 0 aliphatic heterocycles. The number of carbonyl (C=O) groups excluding carboxylic acids is 3. The van der Waals surface area contributed by atoms with Crippen LogP contribution < -0.4 is 0 Å². The SMILES string of the molecule is CCCCCCCCCC/C=C\CCCCCCCCCCCCCCCC(=O)OCC(COC(=O)CCCCCCC)OC(=O)CCCCCCCCCCCCCCCCCCCC. The van der Waals surface area contributed by atoms with E-state index in [4.69, 9.17) is 14.2 Å². The molecule has 0 N–H and O–H groups in total. The number of hydrogen-bond donors (Lipinski definition) is 0. The third kappa shape index (κ3) is 53.1. The van der Waals surface area contributed by atoms with Crippen molar-refractivity contribution in [1.82, 2.24) is 0 Å². The van der Waals surface area contributed by atoms with Gasteiger partial charge >= 0.3 is 17.9 Å². The first kappa shape index (κ1) is 64.2. The first-order valence-corrected chi connectivity index (χ1v) is 29.7. The minimum absolute atomic E-state index is 0.0652. The van der Waals surface area contributed by atoms with E-state index in [0.717, 1.165) is 64.2 Å². The largest absolute Gasteiger partial charge is 0.462 e. The van der Waals surface area contributed by atoms with Gasteiger partial charge < -0.3 is 14.2 Å². The molecule has 6 nitrogen and oxygen atoms in total. The molecule has 1 atom stereocenters. The average molecular weight is 932 g/mol. The minimum Gasteiger partial charge on any atom is -0.462 e. The molecule has 0 aliphatic rings. The molecule has 390 valence electrons. The fourth-order valence-electron chi connectivity index (χ4n) is 9.03. The quantitative estimate of drug-likeness (QED) is 0.0262. The van der Waals surface area contributed by atoms with E-state index in [0.29, 0.717) is 19.3 Å². The summed E-state index contributed by atoms with van der Waals surface area (Å²) >= 11 is 0. The zero-order valence-corrected chi connectivity index (χ0v) is 44.7. The molecule has 0 radical (unpaired) electrons. The van der Waals surface area contributed by atoms with Crippen LogP contribution in [0.3, 0.4) is 0 Å². The van der Waals surface area contributed by atoms with E-state index < -0.39 is 6.10 Å². The van der Waals surface area contributed by atoms with Crippen LogP contribution in [0.4, 0.5) is 0 Å². The number of rotatable bonds is 55. The number of hydrogen-bond acceptors (Lipinski definition) is 6. The van der Waals surface area contributed by atoms with Crippen molar-refractivity contribution >= 4 is 17.9 Å². The molecule has 6 heteroatoms. The highest BCUT2D eigenvalue weighted by Crippen LogP contribution is 2.17. The van der Waals surface area contributed by atoms with Gasteiger partial charge in [-0.15, -0.1) is 0 Å². The minimum atomic E-state index is -0.762. The van der Waals surface area contributed by atoms with Crippen molar-refractivity contribution in [2.75, 3.05) is 13.2 Å². The normalized spacial score (nSPS) is 12.0. The Morgan fingerprint density at radius 3 is 0.758 bits per heavy atom. The lowest BCUT2D eigenvalue weighted by Crippen LogP contribution is -2.30. The van der Waals surface area contributed by atoms with Crippen molar-refractivity contribution in [3.8, 4) is 0 Å². The summed E-state index contributed by atoms with van der Waals surface area (Å²) in [6.07, 6.45) is 64.0. The molecule has 1 unspecified atom stereocenters. The summed E-state index contributed by atoms with van der Waals surface area (Å²) in [5, 5.41) is 0. The lowest BCUT2D eigenvalue weighted by molar-refractivity contribution is -0.167. The molecule has 0 rings (SSSR count). The van der Waals surface area contributed by atoms with Gasteiger partial charge in [-0.3, -0.25) is 14.4 Å². The Morgan fingerprint density at radius 1 is 0.288 bits per heavy atom. The fourth-order valence-corrected chi connectivity index (χ4v) is 9.03. The molecule has 0 saturated carbocycles. The second kappa shape index (κ2) is 55.7. The molecular formula is C60H114O6. The molecular weight excluding hydrogens is 817 g/mol. The average Bonchev–Trinajstić information content (AvgIpc) is 3.31. The highest BCUT2D eigenvalue weighted by Gasteiger charge is 2.19. The van der Waals surface area contributed by atoms with Crippen LogP contribution in [-0.2, 0) is 28.6 Å². The Labute approximate surface area is 411 Å². The van der Waals surface area contributed by atoms with E-state index in [1.54, 1.807) is 0 Å². The topological polar surface area (TPSA) is 78.9 Å². The number of esters is 3. The van der Waals surface area contributed by atoms with Crippen LogP contribution in [0, 0.1) is 0 Å². The summed E-state index contributed by atoms with van der Waals surface area (Å²) in [5.74, 6) is -0.857. The summed E-state index contributed by atoms with van der Waals surface area (Å²) in [4.78, 5) is 37.8. The van der Waals surface area contributed by atoms with Gasteiger partial charge in [0.05, 0.1) is 0 Å². The van der Waals surface area contributed by atoms with Gasteiger partial charge in [0.2, 0.25) is 0 Å². The van der Waals surface area contributed by atoms with Crippen molar-refractivity contribution in [1.29, 1.82) is 0 Å². The Kier molecular flexibility index (Phi) is 54.2. The molecule has 66 heavy (non-hydrogen) atoms. The Hall–Kier alpha value is -1.85. The zero-order valence-electron chi connectivity index (χ0n) is 44.7. The highest BCUT2D eigenvalue weighted by atomic mass is 16.6. The number of carbonyl (C=O) groups is 3. The lowest BCUT2D eigenvalue weighted by atomic mass is 10.0. The standard InChI is InChI=1S/C60H114O6/c1-4-7-10-13-15-17-19-21-23-25-27-28-29-30-31-32-33-35-36-38-40-42-44-47-50-53-59(62)65-56-57(55-64-58(61)52-49-46-12-9-6-3)66-60(63)54-51-48-45-43-41-39-37-34-26-24-22-20-18-16-14-11-8-5-2/h25,27,57H,4-24,26,28-56H2,1-3H3/b27-25-. The molecule has 0 heterocycles. The van der Waals surface area contributed by atoms with E-state index in [-0.39, 0.29) is 31.1 Å². The Morgan fingerprint density at radius 2 is 0.500 bits per heavy atom. The number of ether oxygens (including phenoxy) is 3. The maximum absolute atomic E-state index is 12.8. The van der Waals surface area contributed by atoms with Crippen molar-refractivity contribution in [2.24, 2.45) is 0 Å². The number of allylic oxidation sites excluding steroid dienone is 2. The summed E-state index contributed by atoms with van der Waals surface area (Å²) in [5.41, 5.74) is 0. The van der Waals surface area contributed by atoms with E-state index in [1.165, 1.54) is 231 Å². The smallest absolute Gasteiger partial charge is 0.306 e. The van der Waals surface area contributed by atoms with Crippen LogP contribution >= 0.6 is 0 Å². The zero-order chi connectivity index (χ0) is 47.9. The summed E-state index contributed by atoms with van der Waals surface area (Å²) in [7, 11) is 0. The molecule has 0 spiro atoms. The first-order valence-electron chi connectivity index (χ1n) is 29.7. The van der Waals surface area contributed by atoms with Crippen molar-refractivity contribution < 1.29 is 28.6 Å². The monoisotopic (exact) mass is 931 g/mol. The Bertz CT molecular complexity index is 1020. The lowest BCUT2D eigenvalue weighted by Gasteiger charge is -2.18. The van der Waals surface area contributed by atoms with E-state index in [2.05, 4.69) is 32.9 Å². The van der Waals surface area contributed by atoms with Gasteiger partial charge in [-0.1, -0.05) is 283 Å². The first-order chi connectivity index (χ1) is 32.5. The predicted molar refractivity (Wildman–Crippen MR) is 284 cm³/mol. The van der Waals surface area contributed by atoms with E-state index >= 15 is 0 Å². The van der Waals surface area contributed by atoms with Gasteiger partial charge in [0, 0.05) is 19.3 Å². The summed E-state index contributed by atoms with van der Waals surface area (Å²) in [6.45, 7) is 6.61. The van der Waals surface area contributed by atoms with Crippen molar-refractivity contribution in [3.05, 3.63) is 12.2 Å². The highest BCUT2D eigenvalue weighted by molar-refractivity contribution is 5.71. The van der Waals surface area contributed by atoms with E-state index in [1.807, 2.05) is 0 Å². The number of unbranched alkanes of at least 4 members (excludes halogenated alkanes) is 42. The van der Waals surface area contributed by atoms with Gasteiger partial charge in [-0.05, 0) is 44.9 Å². The third-order valence-electron chi connectivity index (χ3n) is 13.5. The van der Waals surface area contributed by atoms with Gasteiger partial charge in [-0.25, -0.2) is 0 Å². The predicted octanol–water partition coefficient (Wildman–Crippen LogP) is 19.7. The summed E-state index contributed by atoms with van der Waals surface area (Å²) in [6, 6.07) is 0. The van der Waals surface area contributed by atoms with Crippen LogP contribution in [0.25, 0.3) is 0 Å². The van der Waals surface area contributed by atoms with Gasteiger partial charge in [0.1, 0.15) is 13.2 Å². The van der Waals surface area contributed by atoms with Gasteiger partial charge in [0.25, 0.3) is 0 Å². The molecule has 0 aliphatic carbocycles. The second-order valence-corrected chi connectivity index (χ2v) is 20.3. The molecule has 0 saturated heterocycles. The van der Waals surface area contributed by atoms with E-state index in [9.17, 15) is 14.4 Å². The van der Waals surface area contributed by atoms with Crippen molar-refractivity contribution in [3.63, 3.8) is 0 Å². The van der Waals surface area contributed by atoms with Crippen LogP contribution in [0.2, 0.25) is 0 Å². The maximum Gasteiger partial charge on any atom is 0.306 e. The van der Waals surface area contributed by atoms with Crippen LogP contribution in [-0.4, -0.2) is 37.2 Å². The summed E-state index contributed by atoms with van der Waals surface area (Å²) < 4.78 is 16.7. The third-order valence-corrected chi connectivity index (χ3v) is 13.5. The maximum atomic E-state index is 12.8. The van der Waals surface area contributed by atoms with Crippen LogP contribution in [0.15, 0.2) is 12.2 Å². The molecule has 0 aromatic carbocycles. The van der Waals surface area contributed by atoms with Gasteiger partial charge in [0.15, 0.2) is 6.10 Å². The Balaban J connectivity index is 4.00. The molecule has 0 aromatic heterocycles. The van der Waals surface area contributed by atoms with Crippen molar-refractivity contribution in [2.45, 2.75) is 341 Å². The fraction of sp³-hybridized carbons (Fsp3) is 0.917. The van der Waals surface area contributed by atoms with Crippen LogP contribution in [0.1, 0.15) is 335 Å². The molecule has 0 aromatic rings. The van der Waals surface area contributed by atoms with Gasteiger partial charge in [-0.2, -0.15) is 0 Å². The second-order valence-electron chi connectivity index (χ2n) is 20.3. The molecule has 0 amide bonds.